The molecule has 3 rings (SSSR count). The molecule has 20 heavy (non-hydrogen) atoms. The number of ether oxygens (including phenoxy) is 1. The molecule has 100 valence electrons. The fourth-order valence-corrected chi connectivity index (χ4v) is 2.50. The van der Waals surface area contributed by atoms with Gasteiger partial charge in [-0.25, -0.2) is 0 Å². The molecular weight excluding hydrogens is 250 g/mol. The van der Waals surface area contributed by atoms with Gasteiger partial charge in [-0.05, 0) is 18.2 Å². The summed E-state index contributed by atoms with van der Waals surface area (Å²) < 4.78 is 7.25. The number of hydrogen-bond acceptors (Lipinski definition) is 2. The summed E-state index contributed by atoms with van der Waals surface area (Å²) in [6.45, 7) is 0. The number of aryl methyl sites for hydroxylation is 1. The van der Waals surface area contributed by atoms with Crippen molar-refractivity contribution in [2.45, 2.75) is 0 Å². The molecule has 0 spiro atoms. The Bertz CT molecular complexity index is 787. The Morgan fingerprint density at radius 3 is 2.50 bits per heavy atom. The van der Waals surface area contributed by atoms with Crippen molar-refractivity contribution in [2.75, 3.05) is 7.11 Å². The summed E-state index contributed by atoms with van der Waals surface area (Å²) in [5.41, 5.74) is 2.34. The molecule has 0 saturated heterocycles. The second-order valence-electron chi connectivity index (χ2n) is 4.70. The van der Waals surface area contributed by atoms with Gasteiger partial charge in [0.2, 0.25) is 0 Å². The second-order valence-corrected chi connectivity index (χ2v) is 4.70. The fourth-order valence-electron chi connectivity index (χ4n) is 2.50. The zero-order valence-corrected chi connectivity index (χ0v) is 11.5. The molecule has 3 aromatic rings. The van der Waals surface area contributed by atoms with Crippen LogP contribution in [0.5, 0.6) is 5.75 Å². The highest BCUT2D eigenvalue weighted by Gasteiger charge is 2.18. The average Bonchev–Trinajstić information content (AvgIpc) is 2.84. The SMILES string of the molecule is COc1ccccc1C(=O)c1cn(C)c2ccccc12. The van der Waals surface area contributed by atoms with Crippen LogP contribution in [-0.2, 0) is 7.05 Å². The third-order valence-electron chi connectivity index (χ3n) is 3.49. The number of benzene rings is 2. The first-order valence-corrected chi connectivity index (χ1v) is 6.44. The molecule has 0 aliphatic carbocycles. The zero-order valence-electron chi connectivity index (χ0n) is 11.5. The van der Waals surface area contributed by atoms with Crippen LogP contribution in [0, 0.1) is 0 Å². The quantitative estimate of drug-likeness (QED) is 0.679. The predicted molar refractivity (Wildman–Crippen MR) is 79.3 cm³/mol. The highest BCUT2D eigenvalue weighted by molar-refractivity contribution is 6.17. The third kappa shape index (κ3) is 1.88. The van der Waals surface area contributed by atoms with E-state index < -0.39 is 0 Å². The van der Waals surface area contributed by atoms with Crippen LogP contribution in [-0.4, -0.2) is 17.5 Å². The molecule has 2 aromatic carbocycles. The molecule has 1 heterocycles. The van der Waals surface area contributed by atoms with Crippen molar-refractivity contribution in [3.05, 3.63) is 65.9 Å². The number of carbonyl (C=O) groups is 1. The van der Waals surface area contributed by atoms with Crippen LogP contribution in [0.4, 0.5) is 0 Å². The van der Waals surface area contributed by atoms with Gasteiger partial charge < -0.3 is 9.30 Å². The molecule has 0 unspecified atom stereocenters. The summed E-state index contributed by atoms with van der Waals surface area (Å²) in [4.78, 5) is 12.8. The maximum atomic E-state index is 12.8. The first-order valence-electron chi connectivity index (χ1n) is 6.44. The third-order valence-corrected chi connectivity index (χ3v) is 3.49. The average molecular weight is 265 g/mol. The Hall–Kier alpha value is -2.55. The second kappa shape index (κ2) is 4.85. The van der Waals surface area contributed by atoms with Crippen molar-refractivity contribution in [1.29, 1.82) is 0 Å². The summed E-state index contributed by atoms with van der Waals surface area (Å²) in [5.74, 6) is 0.588. The van der Waals surface area contributed by atoms with Gasteiger partial charge in [0, 0.05) is 29.7 Å². The molecular formula is C17H15NO2. The van der Waals surface area contributed by atoms with E-state index in [0.29, 0.717) is 16.9 Å². The molecule has 1 aromatic heterocycles. The van der Waals surface area contributed by atoms with Crippen LogP contribution in [0.2, 0.25) is 0 Å². The minimum Gasteiger partial charge on any atom is -0.496 e. The van der Waals surface area contributed by atoms with E-state index >= 15 is 0 Å². The number of aromatic nitrogens is 1. The molecule has 0 radical (unpaired) electrons. The first-order chi connectivity index (χ1) is 9.72. The van der Waals surface area contributed by atoms with E-state index in [-0.39, 0.29) is 5.78 Å². The Kier molecular flexibility index (Phi) is 3.03. The topological polar surface area (TPSA) is 31.2 Å². The van der Waals surface area contributed by atoms with Crippen LogP contribution in [0.1, 0.15) is 15.9 Å². The van der Waals surface area contributed by atoms with E-state index in [9.17, 15) is 4.79 Å². The maximum Gasteiger partial charge on any atom is 0.198 e. The zero-order chi connectivity index (χ0) is 14.1. The van der Waals surface area contributed by atoms with Gasteiger partial charge in [-0.3, -0.25) is 4.79 Å². The fraction of sp³-hybridized carbons (Fsp3) is 0.118. The van der Waals surface area contributed by atoms with E-state index in [2.05, 4.69) is 0 Å². The van der Waals surface area contributed by atoms with Gasteiger partial charge in [-0.15, -0.1) is 0 Å². The van der Waals surface area contributed by atoms with Gasteiger partial charge >= 0.3 is 0 Å². The predicted octanol–water partition coefficient (Wildman–Crippen LogP) is 3.42. The molecule has 0 aliphatic heterocycles. The van der Waals surface area contributed by atoms with Gasteiger partial charge in [0.05, 0.1) is 12.7 Å². The van der Waals surface area contributed by atoms with Gasteiger partial charge in [0.15, 0.2) is 5.78 Å². The largest absolute Gasteiger partial charge is 0.496 e. The van der Waals surface area contributed by atoms with Gasteiger partial charge in [0.1, 0.15) is 5.75 Å². The van der Waals surface area contributed by atoms with E-state index in [1.54, 1.807) is 19.2 Å². The van der Waals surface area contributed by atoms with Gasteiger partial charge in [0.25, 0.3) is 0 Å². The van der Waals surface area contributed by atoms with Crippen LogP contribution >= 0.6 is 0 Å². The summed E-state index contributed by atoms with van der Waals surface area (Å²) in [6.07, 6.45) is 1.87. The summed E-state index contributed by atoms with van der Waals surface area (Å²) in [7, 11) is 3.52. The minimum atomic E-state index is -0.0146. The number of para-hydroxylation sites is 2. The van der Waals surface area contributed by atoms with Crippen LogP contribution in [0.3, 0.4) is 0 Å². The van der Waals surface area contributed by atoms with Crippen molar-refractivity contribution in [3.8, 4) is 5.75 Å². The van der Waals surface area contributed by atoms with E-state index in [4.69, 9.17) is 4.74 Å². The van der Waals surface area contributed by atoms with Crippen molar-refractivity contribution >= 4 is 16.7 Å². The smallest absolute Gasteiger partial charge is 0.198 e. The van der Waals surface area contributed by atoms with Crippen LogP contribution in [0.25, 0.3) is 10.9 Å². The number of ketones is 1. The summed E-state index contributed by atoms with van der Waals surface area (Å²) >= 11 is 0. The molecule has 0 bridgehead atoms. The van der Waals surface area contributed by atoms with Gasteiger partial charge in [-0.2, -0.15) is 0 Å². The monoisotopic (exact) mass is 265 g/mol. The lowest BCUT2D eigenvalue weighted by Crippen LogP contribution is -2.03. The number of fused-ring (bicyclic) bond motifs is 1. The number of carbonyl (C=O) groups excluding carboxylic acids is 1. The Balaban J connectivity index is 2.18. The molecule has 0 saturated carbocycles. The number of hydrogen-bond donors (Lipinski definition) is 0. The van der Waals surface area contributed by atoms with Gasteiger partial charge in [-0.1, -0.05) is 30.3 Å². The number of rotatable bonds is 3. The van der Waals surface area contributed by atoms with Crippen molar-refractivity contribution in [3.63, 3.8) is 0 Å². The molecule has 0 N–H and O–H groups in total. The highest BCUT2D eigenvalue weighted by Crippen LogP contribution is 2.26. The Labute approximate surface area is 117 Å². The lowest BCUT2D eigenvalue weighted by Gasteiger charge is -2.06. The lowest BCUT2D eigenvalue weighted by molar-refractivity contribution is 0.103. The van der Waals surface area contributed by atoms with Crippen molar-refractivity contribution < 1.29 is 9.53 Å². The maximum absolute atomic E-state index is 12.8. The van der Waals surface area contributed by atoms with E-state index in [1.807, 2.05) is 54.2 Å². The van der Waals surface area contributed by atoms with Crippen LogP contribution in [0.15, 0.2) is 54.7 Å². The molecule has 0 atom stereocenters. The van der Waals surface area contributed by atoms with Crippen molar-refractivity contribution in [1.82, 2.24) is 4.57 Å². The standard InChI is InChI=1S/C17H15NO2/c1-18-11-14(12-7-3-5-9-15(12)18)17(19)13-8-4-6-10-16(13)20-2/h3-11H,1-2H3. The number of nitrogens with zero attached hydrogens (tertiary/aromatic N) is 1. The normalized spacial score (nSPS) is 10.7. The summed E-state index contributed by atoms with van der Waals surface area (Å²) in [5, 5.41) is 0.964. The lowest BCUT2D eigenvalue weighted by atomic mass is 10.0. The molecule has 0 fully saturated rings. The Morgan fingerprint density at radius 1 is 1.00 bits per heavy atom. The highest BCUT2D eigenvalue weighted by atomic mass is 16.5. The molecule has 0 amide bonds. The van der Waals surface area contributed by atoms with E-state index in [0.717, 1.165) is 10.9 Å². The first kappa shape index (κ1) is 12.5. The summed E-state index contributed by atoms with van der Waals surface area (Å²) in [6, 6.07) is 15.2. The molecule has 3 nitrogen and oxygen atoms in total. The number of methoxy groups -OCH3 is 1. The molecule has 3 heteroatoms. The van der Waals surface area contributed by atoms with Crippen molar-refractivity contribution in [2.24, 2.45) is 7.05 Å². The molecule has 0 aliphatic rings. The van der Waals surface area contributed by atoms with E-state index in [1.165, 1.54) is 0 Å². The van der Waals surface area contributed by atoms with Crippen LogP contribution < -0.4 is 4.74 Å². The minimum absolute atomic E-state index is 0.0146. The Morgan fingerprint density at radius 2 is 1.70 bits per heavy atom.